The van der Waals surface area contributed by atoms with Crippen molar-refractivity contribution in [1.29, 1.82) is 0 Å². The average molecular weight is 438 g/mol. The summed E-state index contributed by atoms with van der Waals surface area (Å²) in [4.78, 5) is 12.1. The number of nitrogens with zero attached hydrogens (tertiary/aromatic N) is 1. The van der Waals surface area contributed by atoms with Crippen molar-refractivity contribution in [2.75, 3.05) is 26.0 Å². The molecule has 0 spiro atoms. The van der Waals surface area contributed by atoms with Crippen molar-refractivity contribution >= 4 is 56.4 Å². The summed E-state index contributed by atoms with van der Waals surface area (Å²) in [6.45, 7) is -0.428. The number of carbonyl (C=O) groups excluding carboxylic acids is 1. The molecule has 0 saturated heterocycles. The molecular formula is C16H15Cl3N2O4S. The van der Waals surface area contributed by atoms with E-state index < -0.39 is 22.5 Å². The van der Waals surface area contributed by atoms with Crippen LogP contribution in [-0.2, 0) is 14.8 Å². The molecule has 0 saturated carbocycles. The number of benzene rings is 2. The molecule has 0 atom stereocenters. The van der Waals surface area contributed by atoms with Gasteiger partial charge in [-0.2, -0.15) is 4.31 Å². The number of carbonyl (C=O) groups is 1. The minimum Gasteiger partial charge on any atom is -0.495 e. The third kappa shape index (κ3) is 5.02. The summed E-state index contributed by atoms with van der Waals surface area (Å²) in [5.74, 6) is -0.167. The van der Waals surface area contributed by atoms with Gasteiger partial charge in [0.2, 0.25) is 15.9 Å². The zero-order valence-corrected chi connectivity index (χ0v) is 16.9. The number of likely N-dealkylation sites (N-methyl/N-ethyl adjacent to an activating group) is 1. The number of ether oxygens (including phenoxy) is 1. The SMILES string of the molecule is COc1ccc(Cl)cc1NC(=O)CN(C)S(=O)(=O)c1cc(Cl)cc(Cl)c1. The van der Waals surface area contributed by atoms with Gasteiger partial charge in [-0.15, -0.1) is 0 Å². The van der Waals surface area contributed by atoms with Gasteiger partial charge in [0.1, 0.15) is 5.75 Å². The highest BCUT2D eigenvalue weighted by molar-refractivity contribution is 7.89. The van der Waals surface area contributed by atoms with Crippen LogP contribution in [0.4, 0.5) is 5.69 Å². The Balaban J connectivity index is 2.17. The number of nitrogens with one attached hydrogen (secondary N) is 1. The van der Waals surface area contributed by atoms with Crippen molar-refractivity contribution in [3.05, 3.63) is 51.5 Å². The Morgan fingerprint density at radius 2 is 1.69 bits per heavy atom. The van der Waals surface area contributed by atoms with Crippen LogP contribution in [0.3, 0.4) is 0 Å². The first kappa shape index (κ1) is 20.8. The largest absolute Gasteiger partial charge is 0.495 e. The van der Waals surface area contributed by atoms with E-state index in [0.717, 1.165) is 4.31 Å². The molecule has 0 radical (unpaired) electrons. The van der Waals surface area contributed by atoms with E-state index in [9.17, 15) is 13.2 Å². The molecule has 0 aliphatic heterocycles. The molecule has 1 N–H and O–H groups in total. The molecule has 10 heteroatoms. The fraction of sp³-hybridized carbons (Fsp3) is 0.188. The van der Waals surface area contributed by atoms with Gasteiger partial charge in [-0.3, -0.25) is 4.79 Å². The fourth-order valence-corrected chi connectivity index (χ4v) is 4.14. The molecule has 2 aromatic carbocycles. The number of methoxy groups -OCH3 is 1. The molecular weight excluding hydrogens is 423 g/mol. The van der Waals surface area contributed by atoms with E-state index in [1.165, 1.54) is 38.4 Å². The first-order valence-corrected chi connectivity index (χ1v) is 9.76. The van der Waals surface area contributed by atoms with Crippen molar-refractivity contribution in [2.45, 2.75) is 4.90 Å². The number of hydrogen-bond acceptors (Lipinski definition) is 4. The van der Waals surface area contributed by atoms with Crippen LogP contribution in [0.1, 0.15) is 0 Å². The summed E-state index contributed by atoms with van der Waals surface area (Å²) in [7, 11) is -1.23. The van der Waals surface area contributed by atoms with Crippen LogP contribution in [0, 0.1) is 0 Å². The van der Waals surface area contributed by atoms with Crippen LogP contribution in [0.2, 0.25) is 15.1 Å². The van der Waals surface area contributed by atoms with Crippen molar-refractivity contribution in [2.24, 2.45) is 0 Å². The molecule has 0 heterocycles. The van der Waals surface area contributed by atoms with Gasteiger partial charge in [0.15, 0.2) is 0 Å². The van der Waals surface area contributed by atoms with Crippen LogP contribution >= 0.6 is 34.8 Å². The first-order valence-electron chi connectivity index (χ1n) is 7.19. The molecule has 0 bridgehead atoms. The summed E-state index contributed by atoms with van der Waals surface area (Å²) in [5, 5.41) is 3.33. The lowest BCUT2D eigenvalue weighted by Gasteiger charge is -2.18. The summed E-state index contributed by atoms with van der Waals surface area (Å²) >= 11 is 17.6. The molecule has 0 aliphatic rings. The van der Waals surface area contributed by atoms with E-state index in [0.29, 0.717) is 16.5 Å². The van der Waals surface area contributed by atoms with Crippen molar-refractivity contribution in [3.63, 3.8) is 0 Å². The number of anilines is 1. The minimum absolute atomic E-state index is 0.106. The second-order valence-corrected chi connectivity index (χ2v) is 8.61. The van der Waals surface area contributed by atoms with Gasteiger partial charge in [-0.25, -0.2) is 8.42 Å². The van der Waals surface area contributed by atoms with Gasteiger partial charge in [-0.05, 0) is 36.4 Å². The number of rotatable bonds is 6. The van der Waals surface area contributed by atoms with Crippen molar-refractivity contribution < 1.29 is 17.9 Å². The van der Waals surface area contributed by atoms with Crippen LogP contribution in [0.25, 0.3) is 0 Å². The molecule has 1 amide bonds. The summed E-state index contributed by atoms with van der Waals surface area (Å²) in [6.07, 6.45) is 0. The highest BCUT2D eigenvalue weighted by Crippen LogP contribution is 2.28. The second kappa shape index (κ2) is 8.45. The van der Waals surface area contributed by atoms with Gasteiger partial charge in [0.05, 0.1) is 24.2 Å². The molecule has 0 aliphatic carbocycles. The zero-order chi connectivity index (χ0) is 19.5. The summed E-state index contributed by atoms with van der Waals surface area (Å²) in [6, 6.07) is 8.64. The number of halogens is 3. The number of hydrogen-bond donors (Lipinski definition) is 1. The maximum atomic E-state index is 12.6. The third-order valence-corrected chi connectivity index (χ3v) is 5.80. The van der Waals surface area contributed by atoms with Crippen LogP contribution < -0.4 is 10.1 Å². The predicted molar refractivity (Wildman–Crippen MR) is 103 cm³/mol. The van der Waals surface area contributed by atoms with E-state index in [-0.39, 0.29) is 14.9 Å². The highest BCUT2D eigenvalue weighted by atomic mass is 35.5. The number of amides is 1. The molecule has 26 heavy (non-hydrogen) atoms. The van der Waals surface area contributed by atoms with E-state index >= 15 is 0 Å². The maximum Gasteiger partial charge on any atom is 0.243 e. The van der Waals surface area contributed by atoms with Crippen molar-refractivity contribution in [3.8, 4) is 5.75 Å². The van der Waals surface area contributed by atoms with Crippen LogP contribution in [0.15, 0.2) is 41.3 Å². The predicted octanol–water partition coefficient (Wildman–Crippen LogP) is 3.91. The lowest BCUT2D eigenvalue weighted by molar-refractivity contribution is -0.116. The van der Waals surface area contributed by atoms with Gasteiger partial charge in [-0.1, -0.05) is 34.8 Å². The average Bonchev–Trinajstić information content (AvgIpc) is 2.54. The lowest BCUT2D eigenvalue weighted by atomic mass is 10.3. The lowest BCUT2D eigenvalue weighted by Crippen LogP contribution is -2.35. The standard InChI is InChI=1S/C16H15Cl3N2O4S/c1-21(26(23,24)13-6-11(18)5-12(19)7-13)9-16(22)20-14-8-10(17)3-4-15(14)25-2/h3-8H,9H2,1-2H3,(H,20,22). The smallest absolute Gasteiger partial charge is 0.243 e. The monoisotopic (exact) mass is 436 g/mol. The van der Waals surface area contributed by atoms with E-state index in [1.54, 1.807) is 12.1 Å². The van der Waals surface area contributed by atoms with Crippen molar-refractivity contribution in [1.82, 2.24) is 4.31 Å². The summed E-state index contributed by atoms with van der Waals surface area (Å²) < 4.78 is 31.2. The fourth-order valence-electron chi connectivity index (χ4n) is 2.11. The second-order valence-electron chi connectivity index (χ2n) is 5.26. The highest BCUT2D eigenvalue weighted by Gasteiger charge is 2.24. The Morgan fingerprint density at radius 3 is 2.27 bits per heavy atom. The zero-order valence-electron chi connectivity index (χ0n) is 13.8. The van der Waals surface area contributed by atoms with Crippen LogP contribution in [-0.4, -0.2) is 39.3 Å². The van der Waals surface area contributed by atoms with Gasteiger partial charge < -0.3 is 10.1 Å². The van der Waals surface area contributed by atoms with E-state index in [2.05, 4.69) is 5.32 Å². The quantitative estimate of drug-likeness (QED) is 0.743. The Bertz CT molecular complexity index is 915. The third-order valence-electron chi connectivity index (χ3n) is 3.35. The van der Waals surface area contributed by atoms with Crippen LogP contribution in [0.5, 0.6) is 5.75 Å². The Morgan fingerprint density at radius 1 is 1.08 bits per heavy atom. The van der Waals surface area contributed by atoms with Gasteiger partial charge in [0.25, 0.3) is 0 Å². The summed E-state index contributed by atoms with van der Waals surface area (Å²) in [5.41, 5.74) is 0.335. The minimum atomic E-state index is -3.95. The molecule has 0 fully saturated rings. The molecule has 6 nitrogen and oxygen atoms in total. The first-order chi connectivity index (χ1) is 12.1. The maximum absolute atomic E-state index is 12.6. The Labute approximate surface area is 166 Å². The Hall–Kier alpha value is -1.51. The van der Waals surface area contributed by atoms with E-state index in [1.807, 2.05) is 0 Å². The molecule has 2 rings (SSSR count). The topological polar surface area (TPSA) is 75.7 Å². The number of sulfonamides is 1. The Kier molecular flexibility index (Phi) is 6.76. The van der Waals surface area contributed by atoms with Gasteiger partial charge in [0, 0.05) is 22.1 Å². The molecule has 0 unspecified atom stereocenters. The molecule has 0 aromatic heterocycles. The molecule has 2 aromatic rings. The normalized spacial score (nSPS) is 11.5. The van der Waals surface area contributed by atoms with E-state index in [4.69, 9.17) is 39.5 Å². The van der Waals surface area contributed by atoms with Gasteiger partial charge >= 0.3 is 0 Å². The molecule has 140 valence electrons.